The van der Waals surface area contributed by atoms with Crippen LogP contribution in [0.4, 0.5) is 10.5 Å². The molecular formula is C27H28N2O4. The Bertz CT molecular complexity index is 1160. The summed E-state index contributed by atoms with van der Waals surface area (Å²) in [5.41, 5.74) is 5.70. The van der Waals surface area contributed by atoms with Gasteiger partial charge in [-0.2, -0.15) is 0 Å². The van der Waals surface area contributed by atoms with E-state index in [0.717, 1.165) is 46.5 Å². The van der Waals surface area contributed by atoms with Gasteiger partial charge in [0.15, 0.2) is 0 Å². The Balaban J connectivity index is 1.46. The number of hydrogen-bond donors (Lipinski definition) is 3. The van der Waals surface area contributed by atoms with Crippen molar-refractivity contribution in [3.63, 3.8) is 0 Å². The van der Waals surface area contributed by atoms with Gasteiger partial charge < -0.3 is 25.2 Å². The second-order valence-corrected chi connectivity index (χ2v) is 7.99. The first-order valence-corrected chi connectivity index (χ1v) is 11.0. The van der Waals surface area contributed by atoms with Crippen LogP contribution >= 0.6 is 0 Å². The third-order valence-corrected chi connectivity index (χ3v) is 5.80. The molecule has 170 valence electrons. The number of carbonyl (C=O) groups excluding carboxylic acids is 1. The van der Waals surface area contributed by atoms with Crippen molar-refractivity contribution < 1.29 is 19.4 Å². The van der Waals surface area contributed by atoms with Crippen LogP contribution in [0.5, 0.6) is 11.5 Å². The second-order valence-electron chi connectivity index (χ2n) is 7.99. The van der Waals surface area contributed by atoms with Gasteiger partial charge in [-0.3, -0.25) is 0 Å². The van der Waals surface area contributed by atoms with Gasteiger partial charge in [-0.1, -0.05) is 36.9 Å². The first-order chi connectivity index (χ1) is 16.1. The minimum Gasteiger partial charge on any atom is -0.497 e. The molecule has 0 heterocycles. The van der Waals surface area contributed by atoms with Gasteiger partial charge in [0.1, 0.15) is 11.5 Å². The van der Waals surface area contributed by atoms with E-state index in [0.29, 0.717) is 18.7 Å². The average molecular weight is 445 g/mol. The number of nitrogens with one attached hydrogen (secondary N) is 2. The Morgan fingerprint density at radius 2 is 2.03 bits per heavy atom. The van der Waals surface area contributed by atoms with Crippen LogP contribution in [0, 0.1) is 0 Å². The molecule has 1 atom stereocenters. The summed E-state index contributed by atoms with van der Waals surface area (Å²) < 4.78 is 10.9. The highest BCUT2D eigenvalue weighted by atomic mass is 16.5. The van der Waals surface area contributed by atoms with Crippen LogP contribution in [0.3, 0.4) is 0 Å². The number of rotatable bonds is 7. The predicted molar refractivity (Wildman–Crippen MR) is 130 cm³/mol. The first kappa shape index (κ1) is 22.4. The van der Waals surface area contributed by atoms with Gasteiger partial charge in [0.05, 0.1) is 19.5 Å². The minimum absolute atomic E-state index is 0.286. The van der Waals surface area contributed by atoms with Crippen molar-refractivity contribution in [1.82, 2.24) is 5.32 Å². The van der Waals surface area contributed by atoms with E-state index in [1.54, 1.807) is 7.11 Å². The molecule has 3 aromatic carbocycles. The number of carbonyl (C=O) groups is 1. The van der Waals surface area contributed by atoms with Crippen LogP contribution in [-0.2, 0) is 19.4 Å². The molecule has 0 bridgehead atoms. The Kier molecular flexibility index (Phi) is 6.95. The van der Waals surface area contributed by atoms with Crippen molar-refractivity contribution in [2.24, 2.45) is 0 Å². The average Bonchev–Trinajstić information content (AvgIpc) is 2.84. The molecule has 1 unspecified atom stereocenters. The fraction of sp³-hybridized carbons (Fsp3) is 0.222. The number of amides is 2. The maximum atomic E-state index is 12.6. The van der Waals surface area contributed by atoms with Crippen molar-refractivity contribution in [2.45, 2.75) is 31.9 Å². The van der Waals surface area contributed by atoms with Crippen LogP contribution in [0.25, 0.3) is 11.1 Å². The lowest BCUT2D eigenvalue weighted by Gasteiger charge is -2.23. The monoisotopic (exact) mass is 444 g/mol. The molecule has 2 amide bonds. The highest BCUT2D eigenvalue weighted by molar-refractivity contribution is 5.90. The topological polar surface area (TPSA) is 79.8 Å². The normalized spacial score (nSPS) is 14.7. The lowest BCUT2D eigenvalue weighted by Crippen LogP contribution is -2.29. The van der Waals surface area contributed by atoms with E-state index >= 15 is 0 Å². The van der Waals surface area contributed by atoms with E-state index in [1.807, 2.05) is 54.6 Å². The van der Waals surface area contributed by atoms with Crippen molar-refractivity contribution in [1.29, 1.82) is 0 Å². The second kappa shape index (κ2) is 10.2. The summed E-state index contributed by atoms with van der Waals surface area (Å²) in [5.74, 6) is 1.39. The molecular weight excluding hydrogens is 416 g/mol. The molecule has 0 aliphatic heterocycles. The summed E-state index contributed by atoms with van der Waals surface area (Å²) >= 11 is 0. The van der Waals surface area contributed by atoms with Crippen LogP contribution in [0.15, 0.2) is 73.5 Å². The molecule has 1 aliphatic rings. The van der Waals surface area contributed by atoms with Gasteiger partial charge in [0.2, 0.25) is 0 Å². The zero-order valence-electron chi connectivity index (χ0n) is 18.6. The number of aliphatic hydroxyl groups excluding tert-OH is 1. The maximum Gasteiger partial charge on any atom is 0.319 e. The van der Waals surface area contributed by atoms with Gasteiger partial charge in [-0.05, 0) is 65.4 Å². The molecule has 0 saturated heterocycles. The highest BCUT2D eigenvalue weighted by Gasteiger charge is 2.20. The lowest BCUT2D eigenvalue weighted by molar-refractivity contribution is 0.159. The van der Waals surface area contributed by atoms with Crippen LogP contribution in [-0.4, -0.2) is 24.4 Å². The van der Waals surface area contributed by atoms with Crippen LogP contribution in [0.2, 0.25) is 0 Å². The summed E-state index contributed by atoms with van der Waals surface area (Å²) in [6.45, 7) is 4.00. The number of urea groups is 1. The van der Waals surface area contributed by atoms with Crippen molar-refractivity contribution >= 4 is 11.7 Å². The summed E-state index contributed by atoms with van der Waals surface area (Å²) in [6.07, 6.45) is 3.16. The molecule has 0 saturated carbocycles. The number of anilines is 1. The predicted octanol–water partition coefficient (Wildman–Crippen LogP) is 5.06. The molecule has 4 rings (SSSR count). The third kappa shape index (κ3) is 5.35. The standard InChI is InChI=1S/C27H28N2O4/c1-3-33-26-13-12-22(32-2)16-24(26)20-8-4-6-18(14-20)17-28-27(31)29-25-9-5-7-19-10-11-21(30)15-23(19)25/h3-9,12-14,16,21,30H,1,10-11,15,17H2,2H3,(H2,28,29,31). The van der Waals surface area contributed by atoms with Gasteiger partial charge in [-0.15, -0.1) is 0 Å². The van der Waals surface area contributed by atoms with Crippen molar-refractivity contribution in [2.75, 3.05) is 12.4 Å². The quantitative estimate of drug-likeness (QED) is 0.445. The van der Waals surface area contributed by atoms with E-state index in [2.05, 4.69) is 23.3 Å². The summed E-state index contributed by atoms with van der Waals surface area (Å²) in [6, 6.07) is 19.0. The number of hydrogen-bond acceptors (Lipinski definition) is 4. The summed E-state index contributed by atoms with van der Waals surface area (Å²) in [4.78, 5) is 12.6. The molecule has 0 fully saturated rings. The summed E-state index contributed by atoms with van der Waals surface area (Å²) in [7, 11) is 1.62. The van der Waals surface area contributed by atoms with E-state index in [4.69, 9.17) is 9.47 Å². The van der Waals surface area contributed by atoms with Crippen molar-refractivity contribution in [3.05, 3.63) is 90.2 Å². The van der Waals surface area contributed by atoms with Crippen LogP contribution in [0.1, 0.15) is 23.1 Å². The van der Waals surface area contributed by atoms with E-state index < -0.39 is 0 Å². The molecule has 1 aliphatic carbocycles. The number of fused-ring (bicyclic) bond motifs is 1. The largest absolute Gasteiger partial charge is 0.497 e. The third-order valence-electron chi connectivity index (χ3n) is 5.80. The zero-order chi connectivity index (χ0) is 23.2. The lowest BCUT2D eigenvalue weighted by atomic mass is 9.88. The zero-order valence-corrected chi connectivity index (χ0v) is 18.6. The van der Waals surface area contributed by atoms with Crippen LogP contribution < -0.4 is 20.1 Å². The van der Waals surface area contributed by atoms with Gasteiger partial charge in [0, 0.05) is 24.2 Å². The maximum absolute atomic E-state index is 12.6. The Labute approximate surface area is 193 Å². The van der Waals surface area contributed by atoms with Gasteiger partial charge in [-0.25, -0.2) is 4.79 Å². The molecule has 6 nitrogen and oxygen atoms in total. The van der Waals surface area contributed by atoms with E-state index in [1.165, 1.54) is 11.8 Å². The molecule has 3 N–H and O–H groups in total. The SMILES string of the molecule is C=COc1ccc(OC)cc1-c1cccc(CNC(=O)Nc2cccc3c2CC(O)CC3)c1. The minimum atomic E-state index is -0.363. The molecule has 0 radical (unpaired) electrons. The summed E-state index contributed by atoms with van der Waals surface area (Å²) in [5, 5.41) is 15.9. The fourth-order valence-electron chi connectivity index (χ4n) is 4.14. The first-order valence-electron chi connectivity index (χ1n) is 11.0. The highest BCUT2D eigenvalue weighted by Crippen LogP contribution is 2.34. The molecule has 0 spiro atoms. The Morgan fingerprint density at radius 1 is 1.18 bits per heavy atom. The van der Waals surface area contributed by atoms with E-state index in [-0.39, 0.29) is 12.1 Å². The number of methoxy groups -OCH3 is 1. The fourth-order valence-corrected chi connectivity index (χ4v) is 4.14. The Hall–Kier alpha value is -3.77. The number of aliphatic hydroxyl groups is 1. The number of ether oxygens (including phenoxy) is 2. The molecule has 3 aromatic rings. The smallest absolute Gasteiger partial charge is 0.319 e. The van der Waals surface area contributed by atoms with Gasteiger partial charge in [0.25, 0.3) is 0 Å². The molecule has 6 heteroatoms. The molecule has 33 heavy (non-hydrogen) atoms. The van der Waals surface area contributed by atoms with Crippen molar-refractivity contribution in [3.8, 4) is 22.6 Å². The van der Waals surface area contributed by atoms with Gasteiger partial charge >= 0.3 is 6.03 Å². The number of benzene rings is 3. The van der Waals surface area contributed by atoms with E-state index in [9.17, 15) is 9.90 Å². The Morgan fingerprint density at radius 3 is 2.85 bits per heavy atom. The molecule has 0 aromatic heterocycles. The number of aryl methyl sites for hydroxylation is 1.